The number of fused-ring (bicyclic) bond motifs is 6. The third kappa shape index (κ3) is 2.00. The number of halogens is 2. The van der Waals surface area contributed by atoms with Crippen molar-refractivity contribution in [2.45, 2.75) is 19.3 Å². The Labute approximate surface area is 163 Å². The molecule has 3 heteroatoms. The predicted molar refractivity (Wildman–Crippen MR) is 113 cm³/mol. The van der Waals surface area contributed by atoms with E-state index < -0.39 is 0 Å². The Kier molecular flexibility index (Phi) is 3.12. The van der Waals surface area contributed by atoms with Crippen molar-refractivity contribution in [2.75, 3.05) is 0 Å². The Balaban J connectivity index is 1.93. The first-order valence-corrected chi connectivity index (χ1v) is 9.99. The highest BCUT2D eigenvalue weighted by Gasteiger charge is 2.36. The highest BCUT2D eigenvalue weighted by molar-refractivity contribution is 9.10. The molecule has 0 saturated heterocycles. The second kappa shape index (κ2) is 4.99. The van der Waals surface area contributed by atoms with E-state index in [1.165, 1.54) is 44.1 Å². The first-order valence-electron chi connectivity index (χ1n) is 8.40. The summed E-state index contributed by atoms with van der Waals surface area (Å²) in [7, 11) is 2.16. The number of rotatable bonds is 0. The van der Waals surface area contributed by atoms with E-state index in [4.69, 9.17) is 0 Å². The molecule has 0 N–H and O–H groups in total. The van der Waals surface area contributed by atoms with Crippen molar-refractivity contribution in [3.8, 4) is 11.1 Å². The lowest BCUT2D eigenvalue weighted by molar-refractivity contribution is 0.661. The zero-order valence-electron chi connectivity index (χ0n) is 14.3. The summed E-state index contributed by atoms with van der Waals surface area (Å²) < 4.78 is 4.57. The predicted octanol–water partition coefficient (Wildman–Crippen LogP) is 7.16. The lowest BCUT2D eigenvalue weighted by Gasteiger charge is -2.21. The van der Waals surface area contributed by atoms with Gasteiger partial charge in [0.05, 0.1) is 0 Å². The molecule has 0 aliphatic heterocycles. The minimum absolute atomic E-state index is 0.0141. The van der Waals surface area contributed by atoms with Crippen molar-refractivity contribution in [2.24, 2.45) is 7.05 Å². The van der Waals surface area contributed by atoms with Crippen molar-refractivity contribution in [1.29, 1.82) is 0 Å². The van der Waals surface area contributed by atoms with Gasteiger partial charge in [0.2, 0.25) is 0 Å². The Morgan fingerprint density at radius 1 is 0.720 bits per heavy atom. The zero-order chi connectivity index (χ0) is 17.5. The van der Waals surface area contributed by atoms with Gasteiger partial charge in [-0.3, -0.25) is 0 Å². The summed E-state index contributed by atoms with van der Waals surface area (Å²) in [6, 6.07) is 18.0. The first kappa shape index (κ1) is 15.7. The average Bonchev–Trinajstić information content (AvgIpc) is 2.97. The van der Waals surface area contributed by atoms with E-state index in [0.717, 1.165) is 8.95 Å². The van der Waals surface area contributed by atoms with Gasteiger partial charge in [-0.15, -0.1) is 0 Å². The highest BCUT2D eigenvalue weighted by Crippen LogP contribution is 2.51. The summed E-state index contributed by atoms with van der Waals surface area (Å²) in [5, 5.41) is 2.65. The molecule has 0 bridgehead atoms. The molecule has 25 heavy (non-hydrogen) atoms. The Morgan fingerprint density at radius 2 is 1.36 bits per heavy atom. The van der Waals surface area contributed by atoms with Crippen LogP contribution in [0.5, 0.6) is 0 Å². The molecule has 5 rings (SSSR count). The lowest BCUT2D eigenvalue weighted by Crippen LogP contribution is -2.14. The maximum absolute atomic E-state index is 3.64. The number of nitrogens with zero attached hydrogens (tertiary/aromatic N) is 1. The summed E-state index contributed by atoms with van der Waals surface area (Å²) in [5.41, 5.74) is 8.12. The number of aryl methyl sites for hydroxylation is 1. The molecule has 0 atom stereocenters. The van der Waals surface area contributed by atoms with Crippen molar-refractivity contribution in [3.63, 3.8) is 0 Å². The van der Waals surface area contributed by atoms with Gasteiger partial charge in [0.15, 0.2) is 0 Å². The molecule has 1 heterocycles. The van der Waals surface area contributed by atoms with Gasteiger partial charge in [-0.1, -0.05) is 57.8 Å². The highest BCUT2D eigenvalue weighted by atomic mass is 79.9. The second-order valence-electron chi connectivity index (χ2n) is 7.45. The fraction of sp³-hybridized carbons (Fsp3) is 0.182. The first-order chi connectivity index (χ1) is 11.9. The molecule has 4 aromatic rings. The molecular weight excluding hydrogens is 438 g/mol. The summed E-state index contributed by atoms with van der Waals surface area (Å²) in [4.78, 5) is 0. The van der Waals surface area contributed by atoms with Gasteiger partial charge in [-0.25, -0.2) is 0 Å². The van der Waals surface area contributed by atoms with E-state index >= 15 is 0 Å². The molecular formula is C22H17Br2N. The summed E-state index contributed by atoms with van der Waals surface area (Å²) in [5.74, 6) is 0. The van der Waals surface area contributed by atoms with Crippen LogP contribution in [-0.4, -0.2) is 4.57 Å². The van der Waals surface area contributed by atoms with E-state index in [9.17, 15) is 0 Å². The quantitative estimate of drug-likeness (QED) is 0.265. The van der Waals surface area contributed by atoms with Crippen LogP contribution in [0.4, 0.5) is 0 Å². The molecule has 3 aromatic carbocycles. The van der Waals surface area contributed by atoms with E-state index in [-0.39, 0.29) is 5.41 Å². The van der Waals surface area contributed by atoms with Gasteiger partial charge in [-0.05, 0) is 58.7 Å². The van der Waals surface area contributed by atoms with Crippen LogP contribution in [0.15, 0.2) is 57.5 Å². The number of hydrogen-bond acceptors (Lipinski definition) is 0. The van der Waals surface area contributed by atoms with Gasteiger partial charge >= 0.3 is 0 Å². The molecule has 1 aliphatic carbocycles. The Bertz CT molecular complexity index is 1200. The minimum atomic E-state index is 0.0141. The molecule has 0 unspecified atom stereocenters. The van der Waals surface area contributed by atoms with Crippen LogP contribution in [-0.2, 0) is 12.5 Å². The maximum Gasteiger partial charge on any atom is 0.0500 e. The Morgan fingerprint density at radius 3 is 2.16 bits per heavy atom. The summed E-state index contributed by atoms with van der Waals surface area (Å²) in [6.07, 6.45) is 0. The monoisotopic (exact) mass is 453 g/mol. The normalized spacial score (nSPS) is 14.9. The SMILES string of the molecule is Cn1c2cc(Br)ccc2c2cc3c(cc21)-c1ccc(Br)cc1C3(C)C. The largest absolute Gasteiger partial charge is 0.344 e. The molecule has 124 valence electrons. The van der Waals surface area contributed by atoms with E-state index in [1.807, 2.05) is 0 Å². The zero-order valence-corrected chi connectivity index (χ0v) is 17.5. The van der Waals surface area contributed by atoms with Crippen LogP contribution < -0.4 is 0 Å². The van der Waals surface area contributed by atoms with E-state index in [1.54, 1.807) is 0 Å². The van der Waals surface area contributed by atoms with Gasteiger partial charge in [0.25, 0.3) is 0 Å². The third-order valence-electron chi connectivity index (χ3n) is 5.73. The maximum atomic E-state index is 3.64. The lowest BCUT2D eigenvalue weighted by atomic mass is 9.82. The minimum Gasteiger partial charge on any atom is -0.344 e. The van der Waals surface area contributed by atoms with Crippen LogP contribution in [0.3, 0.4) is 0 Å². The average molecular weight is 455 g/mol. The van der Waals surface area contributed by atoms with Crippen molar-refractivity contribution in [3.05, 3.63) is 68.6 Å². The van der Waals surface area contributed by atoms with Crippen LogP contribution in [0.1, 0.15) is 25.0 Å². The van der Waals surface area contributed by atoms with Gasteiger partial charge in [-0.2, -0.15) is 0 Å². The molecule has 0 amide bonds. The second-order valence-corrected chi connectivity index (χ2v) is 9.28. The van der Waals surface area contributed by atoms with Crippen LogP contribution in [0.25, 0.3) is 32.9 Å². The van der Waals surface area contributed by atoms with Gasteiger partial charge < -0.3 is 4.57 Å². The fourth-order valence-electron chi connectivity index (χ4n) is 4.37. The summed E-state index contributed by atoms with van der Waals surface area (Å²) in [6.45, 7) is 4.66. The molecule has 1 nitrogen and oxygen atoms in total. The van der Waals surface area contributed by atoms with Crippen LogP contribution in [0, 0.1) is 0 Å². The molecule has 0 saturated carbocycles. The van der Waals surface area contributed by atoms with Crippen LogP contribution >= 0.6 is 31.9 Å². The third-order valence-corrected chi connectivity index (χ3v) is 6.71. The topological polar surface area (TPSA) is 4.93 Å². The van der Waals surface area contributed by atoms with Crippen molar-refractivity contribution >= 4 is 53.7 Å². The fourth-order valence-corrected chi connectivity index (χ4v) is 5.08. The molecule has 0 fully saturated rings. The smallest absolute Gasteiger partial charge is 0.0500 e. The summed E-state index contributed by atoms with van der Waals surface area (Å²) >= 11 is 7.25. The number of benzene rings is 3. The van der Waals surface area contributed by atoms with Crippen LogP contribution in [0.2, 0.25) is 0 Å². The molecule has 1 aliphatic rings. The van der Waals surface area contributed by atoms with Crippen molar-refractivity contribution < 1.29 is 0 Å². The number of aromatic nitrogens is 1. The Hall–Kier alpha value is -1.58. The molecule has 1 aromatic heterocycles. The van der Waals surface area contributed by atoms with Gasteiger partial charge in [0, 0.05) is 43.2 Å². The van der Waals surface area contributed by atoms with Gasteiger partial charge in [0.1, 0.15) is 0 Å². The van der Waals surface area contributed by atoms with Crippen molar-refractivity contribution in [1.82, 2.24) is 4.57 Å². The van der Waals surface area contributed by atoms with E-state index in [0.29, 0.717) is 0 Å². The van der Waals surface area contributed by atoms with E-state index in [2.05, 4.69) is 106 Å². The molecule has 0 spiro atoms. The standard InChI is InChI=1S/C22H17Br2N/c1-22(2)18-8-12(23)4-6-14(18)16-11-21-17(10-19(16)22)15-7-5-13(24)9-20(15)25(21)3/h4-11H,1-3H3. The number of hydrogen-bond donors (Lipinski definition) is 0. The molecule has 0 radical (unpaired) electrons.